The van der Waals surface area contributed by atoms with Crippen LogP contribution in [0.3, 0.4) is 0 Å². The minimum atomic E-state index is -0.184. The van der Waals surface area contributed by atoms with Gasteiger partial charge in [0.1, 0.15) is 5.69 Å². The maximum absolute atomic E-state index is 11.7. The first-order valence-corrected chi connectivity index (χ1v) is 6.54. The van der Waals surface area contributed by atoms with Crippen LogP contribution in [0.5, 0.6) is 0 Å². The first-order valence-electron chi connectivity index (χ1n) is 6.54. The molecule has 1 N–H and O–H groups in total. The molecule has 0 saturated carbocycles. The highest BCUT2D eigenvalue weighted by Gasteiger charge is 2.12. The fourth-order valence-electron chi connectivity index (χ4n) is 2.14. The Morgan fingerprint density at radius 2 is 2.05 bits per heavy atom. The van der Waals surface area contributed by atoms with Crippen LogP contribution in [-0.2, 0) is 0 Å². The minimum absolute atomic E-state index is 0.184. The molecule has 7 heteroatoms. The second-order valence-electron chi connectivity index (χ2n) is 4.60. The molecule has 4 aromatic rings. The third-order valence-electron chi connectivity index (χ3n) is 3.21. The van der Waals surface area contributed by atoms with Crippen molar-refractivity contribution in [3.63, 3.8) is 0 Å². The van der Waals surface area contributed by atoms with Crippen LogP contribution in [0.2, 0.25) is 0 Å². The summed E-state index contributed by atoms with van der Waals surface area (Å²) in [4.78, 5) is 26.8. The van der Waals surface area contributed by atoms with Crippen molar-refractivity contribution in [3.8, 4) is 23.0 Å². The van der Waals surface area contributed by atoms with Crippen LogP contribution in [0.4, 0.5) is 0 Å². The molecule has 106 valence electrons. The maximum atomic E-state index is 11.7. The van der Waals surface area contributed by atoms with Gasteiger partial charge < -0.3 is 9.51 Å². The van der Waals surface area contributed by atoms with E-state index in [-0.39, 0.29) is 5.56 Å². The molecule has 3 aromatic heterocycles. The van der Waals surface area contributed by atoms with Crippen molar-refractivity contribution < 1.29 is 4.52 Å². The molecule has 0 radical (unpaired) electrons. The van der Waals surface area contributed by atoms with Crippen LogP contribution in [0.1, 0.15) is 0 Å². The average Bonchev–Trinajstić information content (AvgIpc) is 3.06. The average molecular weight is 291 g/mol. The second kappa shape index (κ2) is 4.88. The standard InChI is InChI=1S/C15H9N5O2/c21-14-10-5-4-9(7-12(10)17-8-18-14)15-19-13(20-22-15)11-3-1-2-6-16-11/h1-8H,(H,17,18,21). The highest BCUT2D eigenvalue weighted by atomic mass is 16.5. The Bertz CT molecular complexity index is 1010. The smallest absolute Gasteiger partial charge is 0.258 e. The van der Waals surface area contributed by atoms with Crippen molar-refractivity contribution in [3.05, 3.63) is 59.3 Å². The number of hydrogen-bond acceptors (Lipinski definition) is 6. The fourth-order valence-corrected chi connectivity index (χ4v) is 2.14. The molecule has 0 saturated heterocycles. The Morgan fingerprint density at radius 1 is 1.09 bits per heavy atom. The SMILES string of the molecule is O=c1[nH]cnc2cc(-c3nc(-c4ccccn4)no3)ccc12. The molecule has 1 aromatic carbocycles. The Morgan fingerprint density at radius 3 is 2.91 bits per heavy atom. The van der Waals surface area contributed by atoms with Crippen molar-refractivity contribution in [1.82, 2.24) is 25.1 Å². The summed E-state index contributed by atoms with van der Waals surface area (Å²) in [6, 6.07) is 10.6. The second-order valence-corrected chi connectivity index (χ2v) is 4.60. The van der Waals surface area contributed by atoms with Crippen LogP contribution in [0.15, 0.2) is 58.2 Å². The number of benzene rings is 1. The lowest BCUT2D eigenvalue weighted by atomic mass is 10.1. The van der Waals surface area contributed by atoms with E-state index in [9.17, 15) is 4.79 Å². The summed E-state index contributed by atoms with van der Waals surface area (Å²) in [5, 5.41) is 4.43. The minimum Gasteiger partial charge on any atom is -0.334 e. The Labute approximate surface area is 123 Å². The van der Waals surface area contributed by atoms with Gasteiger partial charge in [0.15, 0.2) is 0 Å². The van der Waals surface area contributed by atoms with Crippen LogP contribution in [0.25, 0.3) is 33.9 Å². The largest absolute Gasteiger partial charge is 0.334 e. The van der Waals surface area contributed by atoms with E-state index in [2.05, 4.69) is 25.1 Å². The first-order chi connectivity index (χ1) is 10.8. The molecule has 0 bridgehead atoms. The van der Waals surface area contributed by atoms with Crippen LogP contribution in [0, 0.1) is 0 Å². The van der Waals surface area contributed by atoms with E-state index >= 15 is 0 Å². The summed E-state index contributed by atoms with van der Waals surface area (Å²) in [6.45, 7) is 0. The number of aromatic nitrogens is 5. The Balaban J connectivity index is 1.80. The van der Waals surface area contributed by atoms with E-state index in [0.29, 0.717) is 33.9 Å². The predicted octanol–water partition coefficient (Wildman–Crippen LogP) is 2.04. The predicted molar refractivity (Wildman–Crippen MR) is 78.9 cm³/mol. The molecule has 4 rings (SSSR count). The summed E-state index contributed by atoms with van der Waals surface area (Å²) in [6.07, 6.45) is 3.03. The normalized spacial score (nSPS) is 10.9. The number of hydrogen-bond donors (Lipinski definition) is 1. The number of aromatic amines is 1. The number of pyridine rings is 1. The summed E-state index contributed by atoms with van der Waals surface area (Å²) in [5.41, 5.74) is 1.71. The monoisotopic (exact) mass is 291 g/mol. The van der Waals surface area contributed by atoms with Crippen molar-refractivity contribution in [2.24, 2.45) is 0 Å². The molecule has 0 aliphatic heterocycles. The van der Waals surface area contributed by atoms with E-state index in [1.165, 1.54) is 6.33 Å². The quantitative estimate of drug-likeness (QED) is 0.607. The first kappa shape index (κ1) is 12.4. The maximum Gasteiger partial charge on any atom is 0.258 e. The van der Waals surface area contributed by atoms with Gasteiger partial charge in [-0.3, -0.25) is 9.78 Å². The van der Waals surface area contributed by atoms with Crippen molar-refractivity contribution in [2.45, 2.75) is 0 Å². The molecule has 0 fully saturated rings. The molecular formula is C15H9N5O2. The Hall–Kier alpha value is -3.35. The lowest BCUT2D eigenvalue weighted by Gasteiger charge is -1.97. The van der Waals surface area contributed by atoms with Gasteiger partial charge in [-0.2, -0.15) is 4.98 Å². The highest BCUT2D eigenvalue weighted by molar-refractivity contribution is 5.81. The van der Waals surface area contributed by atoms with Gasteiger partial charge in [-0.1, -0.05) is 11.2 Å². The molecule has 0 amide bonds. The lowest BCUT2D eigenvalue weighted by molar-refractivity contribution is 0.432. The zero-order chi connectivity index (χ0) is 14.9. The number of rotatable bonds is 2. The summed E-state index contributed by atoms with van der Waals surface area (Å²) < 4.78 is 5.27. The van der Waals surface area contributed by atoms with Gasteiger partial charge in [0.05, 0.1) is 17.2 Å². The molecular weight excluding hydrogens is 282 g/mol. The molecule has 0 atom stereocenters. The van der Waals surface area contributed by atoms with Crippen LogP contribution in [-0.4, -0.2) is 25.1 Å². The van der Waals surface area contributed by atoms with Gasteiger partial charge in [-0.15, -0.1) is 0 Å². The Kier molecular flexibility index (Phi) is 2.75. The molecule has 7 nitrogen and oxygen atoms in total. The highest BCUT2D eigenvalue weighted by Crippen LogP contribution is 2.22. The molecule has 3 heterocycles. The van der Waals surface area contributed by atoms with Crippen LogP contribution >= 0.6 is 0 Å². The molecule has 0 aliphatic carbocycles. The summed E-state index contributed by atoms with van der Waals surface area (Å²) >= 11 is 0. The van der Waals surface area contributed by atoms with Gasteiger partial charge in [0, 0.05) is 11.8 Å². The number of nitrogens with one attached hydrogen (secondary N) is 1. The zero-order valence-corrected chi connectivity index (χ0v) is 11.2. The van der Waals surface area contributed by atoms with Crippen LogP contribution < -0.4 is 5.56 Å². The van der Waals surface area contributed by atoms with Crippen molar-refractivity contribution in [2.75, 3.05) is 0 Å². The van der Waals surface area contributed by atoms with Gasteiger partial charge >= 0.3 is 0 Å². The van der Waals surface area contributed by atoms with Gasteiger partial charge in [0.25, 0.3) is 11.4 Å². The van der Waals surface area contributed by atoms with E-state index < -0.39 is 0 Å². The van der Waals surface area contributed by atoms with E-state index in [1.807, 2.05) is 12.1 Å². The number of H-pyrrole nitrogens is 1. The van der Waals surface area contributed by atoms with E-state index in [4.69, 9.17) is 4.52 Å². The van der Waals surface area contributed by atoms with E-state index in [1.54, 1.807) is 30.5 Å². The number of nitrogens with zero attached hydrogens (tertiary/aromatic N) is 4. The van der Waals surface area contributed by atoms with Gasteiger partial charge in [-0.25, -0.2) is 4.98 Å². The molecule has 0 unspecified atom stereocenters. The van der Waals surface area contributed by atoms with Crippen molar-refractivity contribution in [1.29, 1.82) is 0 Å². The summed E-state index contributed by atoms with van der Waals surface area (Å²) in [5.74, 6) is 0.763. The topological polar surface area (TPSA) is 97.6 Å². The third kappa shape index (κ3) is 2.05. The lowest BCUT2D eigenvalue weighted by Crippen LogP contribution is -2.05. The fraction of sp³-hybridized carbons (Fsp3) is 0. The molecule has 0 aliphatic rings. The van der Waals surface area contributed by atoms with Gasteiger partial charge in [-0.05, 0) is 30.3 Å². The van der Waals surface area contributed by atoms with Crippen molar-refractivity contribution >= 4 is 10.9 Å². The zero-order valence-electron chi connectivity index (χ0n) is 11.2. The van der Waals surface area contributed by atoms with E-state index in [0.717, 1.165) is 0 Å². The van der Waals surface area contributed by atoms with Gasteiger partial charge in [0.2, 0.25) is 5.82 Å². The molecule has 22 heavy (non-hydrogen) atoms. The number of fused-ring (bicyclic) bond motifs is 1. The molecule has 0 spiro atoms. The third-order valence-corrected chi connectivity index (χ3v) is 3.21. The summed E-state index contributed by atoms with van der Waals surface area (Å²) in [7, 11) is 0.